The van der Waals surface area contributed by atoms with Crippen LogP contribution >= 0.6 is 27.5 Å². The van der Waals surface area contributed by atoms with Gasteiger partial charge in [0.1, 0.15) is 5.75 Å². The zero-order valence-electron chi connectivity index (χ0n) is 10.00. The van der Waals surface area contributed by atoms with Crippen molar-refractivity contribution >= 4 is 27.5 Å². The summed E-state index contributed by atoms with van der Waals surface area (Å²) in [7, 11) is 0. The molecule has 18 heavy (non-hydrogen) atoms. The number of nitrogens with zero attached hydrogens (tertiary/aromatic N) is 1. The summed E-state index contributed by atoms with van der Waals surface area (Å²) in [4.78, 5) is 2.29. The van der Waals surface area contributed by atoms with E-state index in [-0.39, 0.29) is 11.8 Å². The van der Waals surface area contributed by atoms with Crippen LogP contribution in [0.5, 0.6) is 5.75 Å². The zero-order chi connectivity index (χ0) is 13.1. The monoisotopic (exact) mass is 330 g/mol. The smallest absolute Gasteiger partial charge is 0.136 e. The largest absolute Gasteiger partial charge is 0.506 e. The highest BCUT2D eigenvalue weighted by Crippen LogP contribution is 2.39. The topological polar surface area (TPSA) is 35.5 Å². The first-order valence-corrected chi connectivity index (χ1v) is 7.06. The minimum atomic E-state index is 0.0145. The number of phenolic OH excluding ortho intramolecular Hbond substituents is 1. The van der Waals surface area contributed by atoms with E-state index in [1.165, 1.54) is 0 Å². The average molecular weight is 332 g/mol. The molecule has 1 aliphatic heterocycles. The third kappa shape index (κ3) is 2.72. The summed E-state index contributed by atoms with van der Waals surface area (Å²) >= 11 is 9.27. The molecule has 0 unspecified atom stereocenters. The molecule has 1 fully saturated rings. The third-order valence-corrected chi connectivity index (χ3v) is 4.53. The van der Waals surface area contributed by atoms with Gasteiger partial charge in [-0.15, -0.1) is 6.58 Å². The fourth-order valence-electron chi connectivity index (χ4n) is 2.23. The Morgan fingerprint density at radius 2 is 2.11 bits per heavy atom. The maximum atomic E-state index is 10.2. The molecule has 2 N–H and O–H groups in total. The lowest BCUT2D eigenvalue weighted by atomic mass is 10.0. The second-order valence-corrected chi connectivity index (χ2v) is 5.47. The molecular weight excluding hydrogens is 316 g/mol. The molecule has 3 nitrogen and oxygen atoms in total. The number of phenols is 1. The van der Waals surface area contributed by atoms with Gasteiger partial charge in [-0.1, -0.05) is 23.7 Å². The predicted molar refractivity (Wildman–Crippen MR) is 78.2 cm³/mol. The van der Waals surface area contributed by atoms with Gasteiger partial charge in [0.15, 0.2) is 0 Å². The first-order chi connectivity index (χ1) is 8.65. The van der Waals surface area contributed by atoms with E-state index in [1.807, 2.05) is 12.1 Å². The Balaban J connectivity index is 2.32. The molecule has 98 valence electrons. The molecule has 0 amide bonds. The quantitative estimate of drug-likeness (QED) is 0.836. The van der Waals surface area contributed by atoms with Crippen molar-refractivity contribution in [1.82, 2.24) is 10.2 Å². The molecule has 0 radical (unpaired) electrons. The van der Waals surface area contributed by atoms with Gasteiger partial charge in [-0.05, 0) is 22.0 Å². The first-order valence-electron chi connectivity index (χ1n) is 5.89. The van der Waals surface area contributed by atoms with Crippen molar-refractivity contribution in [3.8, 4) is 5.75 Å². The highest BCUT2D eigenvalue weighted by Gasteiger charge is 2.23. The van der Waals surface area contributed by atoms with E-state index < -0.39 is 0 Å². The van der Waals surface area contributed by atoms with Crippen LogP contribution in [-0.2, 0) is 0 Å². The second-order valence-electron chi connectivity index (χ2n) is 4.27. The van der Waals surface area contributed by atoms with Crippen LogP contribution in [0, 0.1) is 0 Å². The second kappa shape index (κ2) is 6.06. The summed E-state index contributed by atoms with van der Waals surface area (Å²) < 4.78 is 0.545. The van der Waals surface area contributed by atoms with Crippen LogP contribution in [0.25, 0.3) is 0 Å². The van der Waals surface area contributed by atoms with Gasteiger partial charge in [-0.2, -0.15) is 0 Å². The lowest BCUT2D eigenvalue weighted by Crippen LogP contribution is -2.44. The van der Waals surface area contributed by atoms with E-state index in [0.29, 0.717) is 9.50 Å². The van der Waals surface area contributed by atoms with Crippen molar-refractivity contribution in [3.63, 3.8) is 0 Å². The highest BCUT2D eigenvalue weighted by molar-refractivity contribution is 9.10. The first kappa shape index (κ1) is 13.9. The summed E-state index contributed by atoms with van der Waals surface area (Å²) in [6.45, 7) is 7.68. The van der Waals surface area contributed by atoms with E-state index in [2.05, 4.69) is 32.7 Å². The minimum absolute atomic E-state index is 0.0145. The van der Waals surface area contributed by atoms with E-state index in [1.54, 1.807) is 6.07 Å². The summed E-state index contributed by atoms with van der Waals surface area (Å²) in [6.07, 6.45) is 1.86. The minimum Gasteiger partial charge on any atom is -0.506 e. The predicted octanol–water partition coefficient (Wildman–Crippen LogP) is 2.94. The van der Waals surface area contributed by atoms with Crippen LogP contribution in [0.15, 0.2) is 29.3 Å². The molecule has 5 heteroatoms. The number of aromatic hydroxyl groups is 1. The van der Waals surface area contributed by atoms with Gasteiger partial charge in [0.2, 0.25) is 0 Å². The maximum Gasteiger partial charge on any atom is 0.136 e. The van der Waals surface area contributed by atoms with Gasteiger partial charge < -0.3 is 10.4 Å². The molecule has 1 atom stereocenters. The molecule has 1 aromatic carbocycles. The Hall–Kier alpha value is -0.550. The van der Waals surface area contributed by atoms with Crippen LogP contribution in [0.1, 0.15) is 11.6 Å². The lowest BCUT2D eigenvalue weighted by Gasteiger charge is -2.33. The number of rotatable bonds is 3. The van der Waals surface area contributed by atoms with Crippen molar-refractivity contribution in [2.75, 3.05) is 26.2 Å². The lowest BCUT2D eigenvalue weighted by molar-refractivity contribution is 0.201. The van der Waals surface area contributed by atoms with E-state index in [0.717, 1.165) is 31.7 Å². The van der Waals surface area contributed by atoms with Crippen LogP contribution < -0.4 is 5.32 Å². The molecular formula is C13H16BrClN2O. The summed E-state index contributed by atoms with van der Waals surface area (Å²) in [6, 6.07) is 3.66. The van der Waals surface area contributed by atoms with Crippen LogP contribution in [0.4, 0.5) is 0 Å². The molecule has 0 aromatic heterocycles. The molecule has 1 heterocycles. The van der Waals surface area contributed by atoms with Gasteiger partial charge in [0.25, 0.3) is 0 Å². The fourth-order valence-corrected chi connectivity index (χ4v) is 2.74. The van der Waals surface area contributed by atoms with Crippen LogP contribution in [-0.4, -0.2) is 36.2 Å². The normalized spacial score (nSPS) is 18.6. The summed E-state index contributed by atoms with van der Waals surface area (Å²) in [5.74, 6) is 0.200. The Kier molecular flexibility index (Phi) is 4.67. The van der Waals surface area contributed by atoms with Gasteiger partial charge >= 0.3 is 0 Å². The van der Waals surface area contributed by atoms with E-state index in [9.17, 15) is 5.11 Å². The molecule has 0 aliphatic carbocycles. The maximum absolute atomic E-state index is 10.2. The van der Waals surface area contributed by atoms with E-state index in [4.69, 9.17) is 11.6 Å². The number of nitrogens with one attached hydrogen (secondary N) is 1. The van der Waals surface area contributed by atoms with Crippen molar-refractivity contribution in [2.45, 2.75) is 6.04 Å². The molecule has 0 saturated carbocycles. The average Bonchev–Trinajstić information content (AvgIpc) is 2.41. The van der Waals surface area contributed by atoms with Crippen LogP contribution in [0.2, 0.25) is 5.02 Å². The highest BCUT2D eigenvalue weighted by atomic mass is 79.9. The van der Waals surface area contributed by atoms with Crippen LogP contribution in [0.3, 0.4) is 0 Å². The Labute approximate surface area is 121 Å². The Morgan fingerprint density at radius 1 is 1.44 bits per heavy atom. The number of piperazine rings is 1. The van der Waals surface area contributed by atoms with Crippen molar-refractivity contribution < 1.29 is 5.11 Å². The van der Waals surface area contributed by atoms with Gasteiger partial charge in [-0.25, -0.2) is 0 Å². The molecule has 1 aromatic rings. The molecule has 1 saturated heterocycles. The van der Waals surface area contributed by atoms with Gasteiger partial charge in [-0.3, -0.25) is 4.90 Å². The summed E-state index contributed by atoms with van der Waals surface area (Å²) in [5.41, 5.74) is 0.836. The number of hydrogen-bond donors (Lipinski definition) is 2. The number of benzene rings is 1. The van der Waals surface area contributed by atoms with Gasteiger partial charge in [0, 0.05) is 31.7 Å². The van der Waals surface area contributed by atoms with Crippen molar-refractivity contribution in [2.24, 2.45) is 0 Å². The molecule has 0 bridgehead atoms. The SMILES string of the molecule is C=C[C@H](c1ccc(Cl)c(Br)c1O)N1CCNCC1. The zero-order valence-corrected chi connectivity index (χ0v) is 12.3. The van der Waals surface area contributed by atoms with E-state index >= 15 is 0 Å². The van der Waals surface area contributed by atoms with Crippen molar-refractivity contribution in [1.29, 1.82) is 0 Å². The fraction of sp³-hybridized carbons (Fsp3) is 0.385. The Bertz CT molecular complexity index is 447. The number of halogens is 2. The Morgan fingerprint density at radius 3 is 2.72 bits per heavy atom. The van der Waals surface area contributed by atoms with Crippen molar-refractivity contribution in [3.05, 3.63) is 39.8 Å². The number of hydrogen-bond acceptors (Lipinski definition) is 3. The molecule has 1 aliphatic rings. The van der Waals surface area contributed by atoms with Gasteiger partial charge in [0.05, 0.1) is 15.5 Å². The standard InChI is InChI=1S/C13H16BrClN2O/c1-2-11(17-7-5-16-6-8-17)9-3-4-10(15)12(14)13(9)18/h2-4,11,16,18H,1,5-8H2/t11-/m1/s1. The molecule has 0 spiro atoms. The molecule has 2 rings (SSSR count). The summed E-state index contributed by atoms with van der Waals surface area (Å²) in [5, 5.41) is 14.0. The third-order valence-electron chi connectivity index (χ3n) is 3.19.